The number of aromatic carboxylic acids is 1. The summed E-state index contributed by atoms with van der Waals surface area (Å²) in [5.74, 6) is -2.65. The molecule has 108 valence electrons. The maximum Gasteiger partial charge on any atom is 0.337 e. The molecule has 9 heteroatoms. The van der Waals surface area contributed by atoms with Crippen LogP contribution in [0, 0.1) is 0 Å². The molecule has 1 unspecified atom stereocenters. The third kappa shape index (κ3) is 2.44. The number of hydrogen-bond donors (Lipinski definition) is 2. The number of phenolic OH excluding ortho intramolecular Hbond substituents is 1. The lowest BCUT2D eigenvalue weighted by molar-refractivity contribution is -0.117. The maximum absolute atomic E-state index is 12.9. The first-order valence-electron chi connectivity index (χ1n) is 5.51. The zero-order valence-electron chi connectivity index (χ0n) is 9.98. The van der Waals surface area contributed by atoms with E-state index in [9.17, 15) is 27.0 Å². The van der Waals surface area contributed by atoms with Gasteiger partial charge in [0.2, 0.25) is 5.91 Å². The number of benzene rings is 1. The van der Waals surface area contributed by atoms with Crippen molar-refractivity contribution in [1.29, 1.82) is 0 Å². The maximum atomic E-state index is 12.9. The fraction of sp³-hybridized carbons (Fsp3) is 0.273. The number of carboxylic acids is 1. The van der Waals surface area contributed by atoms with Gasteiger partial charge in [0.05, 0.1) is 5.56 Å². The van der Waals surface area contributed by atoms with Crippen molar-refractivity contribution in [1.82, 2.24) is 0 Å². The molecule has 1 atom stereocenters. The van der Waals surface area contributed by atoms with Crippen molar-refractivity contribution < 1.29 is 32.1 Å². The smallest absolute Gasteiger partial charge is 0.337 e. The predicted octanol–water partition coefficient (Wildman–Crippen LogP) is 0.495. The van der Waals surface area contributed by atoms with Crippen LogP contribution in [0.25, 0.3) is 0 Å². The van der Waals surface area contributed by atoms with Crippen LogP contribution >= 0.6 is 0 Å². The van der Waals surface area contributed by atoms with Crippen LogP contribution in [0.3, 0.4) is 0 Å². The molecule has 0 spiro atoms. The van der Waals surface area contributed by atoms with Gasteiger partial charge in [0.25, 0.3) is 0 Å². The van der Waals surface area contributed by atoms with E-state index in [1.54, 1.807) is 0 Å². The van der Waals surface area contributed by atoms with Crippen LogP contribution < -0.4 is 4.90 Å². The van der Waals surface area contributed by atoms with Crippen LogP contribution in [0.5, 0.6) is 5.75 Å². The van der Waals surface area contributed by atoms with E-state index in [-0.39, 0.29) is 11.3 Å². The lowest BCUT2D eigenvalue weighted by Crippen LogP contribution is -2.28. The molecule has 2 rings (SSSR count). The molecule has 7 nitrogen and oxygen atoms in total. The van der Waals surface area contributed by atoms with Crippen molar-refractivity contribution in [2.24, 2.45) is 0 Å². The number of para-hydroxylation sites is 1. The van der Waals surface area contributed by atoms with Gasteiger partial charge >= 0.3 is 16.2 Å². The van der Waals surface area contributed by atoms with Crippen molar-refractivity contribution in [3.8, 4) is 5.75 Å². The van der Waals surface area contributed by atoms with Crippen molar-refractivity contribution in [2.75, 3.05) is 11.4 Å². The summed E-state index contributed by atoms with van der Waals surface area (Å²) >= 11 is 0. The van der Waals surface area contributed by atoms with Crippen LogP contribution in [0.4, 0.5) is 9.57 Å². The first kappa shape index (κ1) is 14.3. The number of anilines is 1. The van der Waals surface area contributed by atoms with Crippen LogP contribution in [0.15, 0.2) is 18.2 Å². The van der Waals surface area contributed by atoms with E-state index in [2.05, 4.69) is 0 Å². The second-order valence-corrected chi connectivity index (χ2v) is 5.90. The molecule has 0 bridgehead atoms. The summed E-state index contributed by atoms with van der Waals surface area (Å²) in [6, 6.07) is 3.58. The molecule has 1 aromatic rings. The van der Waals surface area contributed by atoms with Gasteiger partial charge in [-0.3, -0.25) is 4.79 Å². The van der Waals surface area contributed by atoms with Gasteiger partial charge in [-0.05, 0) is 12.1 Å². The highest BCUT2D eigenvalue weighted by atomic mass is 32.3. The quantitative estimate of drug-likeness (QED) is 0.786. The Morgan fingerprint density at radius 3 is 2.55 bits per heavy atom. The Morgan fingerprint density at radius 1 is 1.40 bits per heavy atom. The van der Waals surface area contributed by atoms with Crippen molar-refractivity contribution in [3.05, 3.63) is 23.8 Å². The van der Waals surface area contributed by atoms with Gasteiger partial charge < -0.3 is 15.1 Å². The monoisotopic (exact) mass is 303 g/mol. The first-order valence-corrected chi connectivity index (χ1v) is 6.95. The molecule has 1 fully saturated rings. The molecule has 0 aromatic heterocycles. The summed E-state index contributed by atoms with van der Waals surface area (Å²) in [7, 11) is -4.91. The van der Waals surface area contributed by atoms with Gasteiger partial charge in [0.15, 0.2) is 0 Å². The average molecular weight is 303 g/mol. The minimum Gasteiger partial charge on any atom is -0.506 e. The second kappa shape index (κ2) is 4.75. The molecule has 1 aromatic carbocycles. The second-order valence-electron chi connectivity index (χ2n) is 4.28. The number of amides is 1. The minimum absolute atomic E-state index is 0.323. The summed E-state index contributed by atoms with van der Waals surface area (Å²) in [6.07, 6.45) is -0.591. The SMILES string of the molecule is O=C(O)c1cccc(O)c1N1CC(S(=O)(=O)F)CC1=O. The zero-order valence-corrected chi connectivity index (χ0v) is 10.8. The van der Waals surface area contributed by atoms with Gasteiger partial charge in [0, 0.05) is 13.0 Å². The van der Waals surface area contributed by atoms with Crippen molar-refractivity contribution in [3.63, 3.8) is 0 Å². The number of phenols is 1. The Balaban J connectivity index is 2.48. The normalized spacial score (nSPS) is 19.4. The van der Waals surface area contributed by atoms with Gasteiger partial charge in [-0.2, -0.15) is 8.42 Å². The Kier molecular flexibility index (Phi) is 3.38. The first-order chi connectivity index (χ1) is 9.21. The molecule has 0 saturated carbocycles. The molecule has 1 saturated heterocycles. The van der Waals surface area contributed by atoms with E-state index in [0.29, 0.717) is 0 Å². The Hall–Kier alpha value is -2.16. The molecule has 0 radical (unpaired) electrons. The number of carboxylic acid groups (broad SMARTS) is 1. The summed E-state index contributed by atoms with van der Waals surface area (Å²) in [5.41, 5.74) is -0.689. The van der Waals surface area contributed by atoms with Gasteiger partial charge in [-0.25, -0.2) is 4.79 Å². The molecule has 1 aliphatic heterocycles. The highest BCUT2D eigenvalue weighted by Crippen LogP contribution is 2.35. The summed E-state index contributed by atoms with van der Waals surface area (Å²) in [5, 5.41) is 17.2. The van der Waals surface area contributed by atoms with Crippen molar-refractivity contribution in [2.45, 2.75) is 11.7 Å². The molecule has 20 heavy (non-hydrogen) atoms. The fourth-order valence-corrected chi connectivity index (χ4v) is 2.74. The van der Waals surface area contributed by atoms with Crippen LogP contribution in [0.2, 0.25) is 0 Å². The third-order valence-electron chi connectivity index (χ3n) is 3.00. The summed E-state index contributed by atoms with van der Waals surface area (Å²) in [6.45, 7) is -0.532. The van der Waals surface area contributed by atoms with E-state index >= 15 is 0 Å². The average Bonchev–Trinajstić information content (AvgIpc) is 2.70. The summed E-state index contributed by atoms with van der Waals surface area (Å²) < 4.78 is 34.6. The lowest BCUT2D eigenvalue weighted by atomic mass is 10.1. The predicted molar refractivity (Wildman–Crippen MR) is 65.9 cm³/mol. The number of carbonyl (C=O) groups is 2. The number of rotatable bonds is 3. The molecule has 1 amide bonds. The Morgan fingerprint density at radius 2 is 2.05 bits per heavy atom. The van der Waals surface area contributed by atoms with Crippen LogP contribution in [-0.4, -0.2) is 42.3 Å². The number of carbonyl (C=O) groups excluding carboxylic acids is 1. The highest BCUT2D eigenvalue weighted by Gasteiger charge is 2.41. The Labute approximate surface area is 113 Å². The largest absolute Gasteiger partial charge is 0.506 e. The zero-order chi connectivity index (χ0) is 15.1. The molecule has 2 N–H and O–H groups in total. The standard InChI is InChI=1S/C11H10FNO6S/c12-20(18,19)6-4-9(15)13(5-6)10-7(11(16)17)2-1-3-8(10)14/h1-3,6,14H,4-5H2,(H,16,17). The molecule has 1 heterocycles. The number of aromatic hydroxyl groups is 1. The van der Waals surface area contributed by atoms with E-state index in [1.807, 2.05) is 0 Å². The van der Waals surface area contributed by atoms with Gasteiger partial charge in [-0.1, -0.05) is 6.07 Å². The topological polar surface area (TPSA) is 112 Å². The van der Waals surface area contributed by atoms with E-state index in [1.165, 1.54) is 6.07 Å². The molecule has 0 aliphatic carbocycles. The van der Waals surface area contributed by atoms with E-state index in [0.717, 1.165) is 17.0 Å². The minimum atomic E-state index is -4.91. The van der Waals surface area contributed by atoms with Gasteiger partial charge in [-0.15, -0.1) is 3.89 Å². The van der Waals surface area contributed by atoms with Crippen molar-refractivity contribution >= 4 is 27.8 Å². The molecular formula is C11H10FNO6S. The van der Waals surface area contributed by atoms with Gasteiger partial charge in [0.1, 0.15) is 16.7 Å². The summed E-state index contributed by atoms with van der Waals surface area (Å²) in [4.78, 5) is 23.6. The number of halogens is 1. The fourth-order valence-electron chi connectivity index (χ4n) is 2.07. The molecule has 1 aliphatic rings. The lowest BCUT2D eigenvalue weighted by Gasteiger charge is -2.19. The molecular weight excluding hydrogens is 293 g/mol. The van der Waals surface area contributed by atoms with Crippen LogP contribution in [0.1, 0.15) is 16.8 Å². The van der Waals surface area contributed by atoms with E-state index in [4.69, 9.17) is 5.11 Å². The Bertz CT molecular complexity index is 686. The van der Waals surface area contributed by atoms with E-state index < -0.39 is 46.1 Å². The van der Waals surface area contributed by atoms with Crippen LogP contribution in [-0.2, 0) is 15.0 Å². The number of nitrogens with zero attached hydrogens (tertiary/aromatic N) is 1. The number of hydrogen-bond acceptors (Lipinski definition) is 5. The third-order valence-corrected chi connectivity index (χ3v) is 4.11. The highest BCUT2D eigenvalue weighted by molar-refractivity contribution is 7.87.